The Morgan fingerprint density at radius 3 is 2.56 bits per heavy atom. The summed E-state index contributed by atoms with van der Waals surface area (Å²) in [5, 5.41) is 9.22. The van der Waals surface area contributed by atoms with Gasteiger partial charge >= 0.3 is 5.97 Å². The van der Waals surface area contributed by atoms with Gasteiger partial charge in [0.05, 0.1) is 5.69 Å². The molecule has 2 rings (SSSR count). The fourth-order valence-corrected chi connectivity index (χ4v) is 1.78. The van der Waals surface area contributed by atoms with E-state index in [1.807, 2.05) is 0 Å². The van der Waals surface area contributed by atoms with Gasteiger partial charge in [-0.05, 0) is 30.2 Å². The van der Waals surface area contributed by atoms with Gasteiger partial charge in [-0.15, -0.1) is 0 Å². The maximum absolute atomic E-state index is 13.5. The maximum atomic E-state index is 13.5. The number of hydrogen-bond acceptors (Lipinski definition) is 2. The van der Waals surface area contributed by atoms with Crippen molar-refractivity contribution < 1.29 is 14.3 Å². The summed E-state index contributed by atoms with van der Waals surface area (Å²) in [6.45, 7) is 0. The molecule has 1 N–H and O–H groups in total. The molecule has 3 nitrogen and oxygen atoms in total. The molecule has 0 bridgehead atoms. The Kier molecular flexibility index (Phi) is 3.67. The number of aliphatic carboxylic acids is 1. The lowest BCUT2D eigenvalue weighted by atomic mass is 9.95. The van der Waals surface area contributed by atoms with E-state index in [2.05, 4.69) is 4.98 Å². The summed E-state index contributed by atoms with van der Waals surface area (Å²) in [6.07, 6.45) is 1.63. The normalized spacial score (nSPS) is 12.1. The summed E-state index contributed by atoms with van der Waals surface area (Å²) in [6, 6.07) is 11.3. The first-order chi connectivity index (χ1) is 8.68. The lowest BCUT2D eigenvalue weighted by Crippen LogP contribution is -2.16. The van der Waals surface area contributed by atoms with Crippen LogP contribution in [0.4, 0.5) is 4.39 Å². The van der Waals surface area contributed by atoms with Crippen molar-refractivity contribution in [2.45, 2.75) is 12.3 Å². The zero-order valence-electron chi connectivity index (χ0n) is 9.58. The summed E-state index contributed by atoms with van der Waals surface area (Å²) in [4.78, 5) is 15.3. The molecule has 0 spiro atoms. The van der Waals surface area contributed by atoms with Gasteiger partial charge in [0.25, 0.3) is 0 Å². The molecule has 4 heteroatoms. The molecular weight excluding hydrogens is 233 g/mol. The van der Waals surface area contributed by atoms with Gasteiger partial charge in [-0.3, -0.25) is 9.78 Å². The number of pyridine rings is 1. The van der Waals surface area contributed by atoms with Gasteiger partial charge in [0, 0.05) is 6.20 Å². The molecule has 0 radical (unpaired) electrons. The first-order valence-electron chi connectivity index (χ1n) is 5.55. The number of halogens is 1. The first kappa shape index (κ1) is 12.2. The number of hydrogen-bond donors (Lipinski definition) is 1. The van der Waals surface area contributed by atoms with Crippen molar-refractivity contribution in [2.24, 2.45) is 0 Å². The average Bonchev–Trinajstić information content (AvgIpc) is 2.38. The van der Waals surface area contributed by atoms with Crippen LogP contribution in [0.25, 0.3) is 0 Å². The standard InChI is InChI=1S/C14H12FNO2/c15-12-6-2-1-5-10(12)9-11(14(17)18)13-7-3-4-8-16-13/h1-8,11H,9H2,(H,17,18). The summed E-state index contributed by atoms with van der Waals surface area (Å²) >= 11 is 0. The predicted octanol–water partition coefficient (Wildman–Crippen LogP) is 2.63. The number of carboxylic acids is 1. The number of carboxylic acid groups (broad SMARTS) is 1. The minimum Gasteiger partial charge on any atom is -0.481 e. The molecule has 1 atom stereocenters. The van der Waals surface area contributed by atoms with Gasteiger partial charge in [0.15, 0.2) is 0 Å². The summed E-state index contributed by atoms with van der Waals surface area (Å²) < 4.78 is 13.5. The molecule has 0 fully saturated rings. The molecule has 18 heavy (non-hydrogen) atoms. The molecule has 0 amide bonds. The zero-order chi connectivity index (χ0) is 13.0. The van der Waals surface area contributed by atoms with E-state index in [4.69, 9.17) is 0 Å². The van der Waals surface area contributed by atoms with Crippen molar-refractivity contribution in [3.05, 3.63) is 65.7 Å². The highest BCUT2D eigenvalue weighted by molar-refractivity contribution is 5.75. The Hall–Kier alpha value is -2.23. The van der Waals surface area contributed by atoms with Crippen LogP contribution in [0, 0.1) is 5.82 Å². The Bertz CT molecular complexity index is 543. The predicted molar refractivity (Wildman–Crippen MR) is 64.7 cm³/mol. The number of carbonyl (C=O) groups is 1. The van der Waals surface area contributed by atoms with E-state index in [1.165, 1.54) is 12.3 Å². The van der Waals surface area contributed by atoms with E-state index in [0.717, 1.165) is 0 Å². The quantitative estimate of drug-likeness (QED) is 0.900. The van der Waals surface area contributed by atoms with Crippen molar-refractivity contribution in [2.75, 3.05) is 0 Å². The third kappa shape index (κ3) is 2.71. The van der Waals surface area contributed by atoms with Crippen LogP contribution in [0.15, 0.2) is 48.7 Å². The average molecular weight is 245 g/mol. The highest BCUT2D eigenvalue weighted by Crippen LogP contribution is 2.21. The van der Waals surface area contributed by atoms with Gasteiger partial charge in [-0.1, -0.05) is 24.3 Å². The molecule has 1 aromatic heterocycles. The zero-order valence-corrected chi connectivity index (χ0v) is 9.58. The second kappa shape index (κ2) is 5.40. The van der Waals surface area contributed by atoms with E-state index in [1.54, 1.807) is 36.4 Å². The third-order valence-corrected chi connectivity index (χ3v) is 2.72. The molecule has 1 aromatic carbocycles. The molecule has 0 aliphatic rings. The smallest absolute Gasteiger partial charge is 0.312 e. The molecule has 1 heterocycles. The van der Waals surface area contributed by atoms with Gasteiger partial charge in [0.1, 0.15) is 11.7 Å². The van der Waals surface area contributed by atoms with Crippen LogP contribution in [0.2, 0.25) is 0 Å². The summed E-state index contributed by atoms with van der Waals surface area (Å²) in [5.41, 5.74) is 0.823. The van der Waals surface area contributed by atoms with E-state index >= 15 is 0 Å². The fourth-order valence-electron chi connectivity index (χ4n) is 1.78. The molecule has 0 saturated carbocycles. The number of aromatic nitrogens is 1. The van der Waals surface area contributed by atoms with Gasteiger partial charge in [-0.2, -0.15) is 0 Å². The van der Waals surface area contributed by atoms with Crippen molar-refractivity contribution >= 4 is 5.97 Å². The highest BCUT2D eigenvalue weighted by atomic mass is 19.1. The lowest BCUT2D eigenvalue weighted by Gasteiger charge is -2.12. The Labute approximate surface area is 104 Å². The second-order valence-corrected chi connectivity index (χ2v) is 3.94. The fraction of sp³-hybridized carbons (Fsp3) is 0.143. The van der Waals surface area contributed by atoms with E-state index < -0.39 is 11.9 Å². The second-order valence-electron chi connectivity index (χ2n) is 3.94. The Morgan fingerprint density at radius 1 is 1.22 bits per heavy atom. The van der Waals surface area contributed by atoms with E-state index in [-0.39, 0.29) is 12.2 Å². The van der Waals surface area contributed by atoms with Gasteiger partial charge in [0.2, 0.25) is 0 Å². The van der Waals surface area contributed by atoms with Gasteiger partial charge in [-0.25, -0.2) is 4.39 Å². The van der Waals surface area contributed by atoms with Crippen LogP contribution in [0.1, 0.15) is 17.2 Å². The van der Waals surface area contributed by atoms with E-state index in [0.29, 0.717) is 11.3 Å². The minimum atomic E-state index is -1.00. The maximum Gasteiger partial charge on any atom is 0.312 e. The van der Waals surface area contributed by atoms with E-state index in [9.17, 15) is 14.3 Å². The van der Waals surface area contributed by atoms with Crippen LogP contribution < -0.4 is 0 Å². The van der Waals surface area contributed by atoms with Crippen molar-refractivity contribution in [1.82, 2.24) is 4.98 Å². The van der Waals surface area contributed by atoms with Crippen LogP contribution in [-0.4, -0.2) is 16.1 Å². The monoisotopic (exact) mass is 245 g/mol. The Morgan fingerprint density at radius 2 is 1.94 bits per heavy atom. The molecule has 0 aliphatic heterocycles. The minimum absolute atomic E-state index is 0.0962. The summed E-state index contributed by atoms with van der Waals surface area (Å²) in [7, 11) is 0. The number of rotatable bonds is 4. The van der Waals surface area contributed by atoms with Crippen LogP contribution >= 0.6 is 0 Å². The molecule has 0 saturated heterocycles. The first-order valence-corrected chi connectivity index (χ1v) is 5.55. The van der Waals surface area contributed by atoms with Crippen LogP contribution in [0.3, 0.4) is 0 Å². The molecule has 0 aliphatic carbocycles. The summed E-state index contributed by atoms with van der Waals surface area (Å²) in [5.74, 6) is -2.22. The number of benzene rings is 1. The van der Waals surface area contributed by atoms with Crippen LogP contribution in [0.5, 0.6) is 0 Å². The largest absolute Gasteiger partial charge is 0.481 e. The third-order valence-electron chi connectivity index (χ3n) is 2.72. The van der Waals surface area contributed by atoms with Crippen LogP contribution in [-0.2, 0) is 11.2 Å². The molecule has 1 unspecified atom stereocenters. The molecule has 2 aromatic rings. The highest BCUT2D eigenvalue weighted by Gasteiger charge is 2.22. The molecular formula is C14H12FNO2. The Balaban J connectivity index is 2.28. The lowest BCUT2D eigenvalue weighted by molar-refractivity contribution is -0.138. The van der Waals surface area contributed by atoms with Crippen molar-refractivity contribution in [1.29, 1.82) is 0 Å². The van der Waals surface area contributed by atoms with Crippen molar-refractivity contribution in [3.63, 3.8) is 0 Å². The topological polar surface area (TPSA) is 50.2 Å². The number of nitrogens with zero attached hydrogens (tertiary/aromatic N) is 1. The van der Waals surface area contributed by atoms with Crippen molar-refractivity contribution in [3.8, 4) is 0 Å². The molecule has 92 valence electrons. The SMILES string of the molecule is O=C(O)C(Cc1ccccc1F)c1ccccn1. The van der Waals surface area contributed by atoms with Gasteiger partial charge < -0.3 is 5.11 Å².